The average molecular weight is 303 g/mol. The quantitative estimate of drug-likeness (QED) is 0.816. The van der Waals surface area contributed by atoms with Gasteiger partial charge in [0.15, 0.2) is 0 Å². The Labute approximate surface area is 117 Å². The van der Waals surface area contributed by atoms with E-state index in [1.165, 1.54) is 0 Å². The Kier molecular flexibility index (Phi) is 4.31. The van der Waals surface area contributed by atoms with Crippen molar-refractivity contribution in [2.24, 2.45) is 0 Å². The van der Waals surface area contributed by atoms with Gasteiger partial charge < -0.3 is 5.32 Å². The number of carbonyl (C=O) groups excluding carboxylic acids is 1. The standard InChI is InChI=1S/C12H15ClN2O3S/c13-6-1-7-19(17,18)15-10-3-4-11-9(8-10)2-5-12(16)14-11/h3-4,8,15H,1-2,5-7H2,(H,14,16). The molecule has 0 radical (unpaired) electrons. The van der Waals surface area contributed by atoms with E-state index in [4.69, 9.17) is 11.6 Å². The second-order valence-electron chi connectivity index (χ2n) is 4.38. The van der Waals surface area contributed by atoms with Crippen molar-refractivity contribution in [3.05, 3.63) is 23.8 Å². The predicted molar refractivity (Wildman–Crippen MR) is 76.1 cm³/mol. The van der Waals surface area contributed by atoms with Crippen LogP contribution in [-0.2, 0) is 21.2 Å². The summed E-state index contributed by atoms with van der Waals surface area (Å²) < 4.78 is 26.0. The van der Waals surface area contributed by atoms with Crippen LogP contribution in [0.2, 0.25) is 0 Å². The summed E-state index contributed by atoms with van der Waals surface area (Å²) in [5.74, 6) is 0.310. The fourth-order valence-electron chi connectivity index (χ4n) is 1.92. The molecule has 1 heterocycles. The Bertz CT molecular complexity index is 587. The number of hydrogen-bond acceptors (Lipinski definition) is 3. The molecule has 7 heteroatoms. The maximum atomic E-state index is 11.7. The van der Waals surface area contributed by atoms with Gasteiger partial charge in [0.05, 0.1) is 5.75 Å². The number of anilines is 2. The van der Waals surface area contributed by atoms with Crippen LogP contribution in [0.15, 0.2) is 18.2 Å². The van der Waals surface area contributed by atoms with Crippen LogP contribution >= 0.6 is 11.6 Å². The lowest BCUT2D eigenvalue weighted by Crippen LogP contribution is -2.20. The molecule has 0 saturated heterocycles. The minimum absolute atomic E-state index is 0.00429. The molecule has 0 bridgehead atoms. The molecule has 1 amide bonds. The molecule has 0 saturated carbocycles. The number of fused-ring (bicyclic) bond motifs is 1. The van der Waals surface area contributed by atoms with E-state index in [9.17, 15) is 13.2 Å². The van der Waals surface area contributed by atoms with Crippen molar-refractivity contribution in [1.82, 2.24) is 0 Å². The third kappa shape index (κ3) is 3.84. The van der Waals surface area contributed by atoms with Crippen molar-refractivity contribution in [2.75, 3.05) is 21.7 Å². The number of hydrogen-bond donors (Lipinski definition) is 2. The van der Waals surface area contributed by atoms with Gasteiger partial charge in [-0.05, 0) is 36.6 Å². The predicted octanol–water partition coefficient (Wildman–Crippen LogP) is 1.94. The Balaban J connectivity index is 2.12. The molecule has 1 aromatic carbocycles. The van der Waals surface area contributed by atoms with Gasteiger partial charge in [0.2, 0.25) is 15.9 Å². The van der Waals surface area contributed by atoms with E-state index in [0.29, 0.717) is 30.8 Å². The summed E-state index contributed by atoms with van der Waals surface area (Å²) in [5, 5.41) is 2.75. The van der Waals surface area contributed by atoms with Crippen LogP contribution in [0.25, 0.3) is 0 Å². The Morgan fingerprint density at radius 3 is 2.84 bits per heavy atom. The molecule has 1 aliphatic rings. The minimum Gasteiger partial charge on any atom is -0.326 e. The van der Waals surface area contributed by atoms with E-state index >= 15 is 0 Å². The van der Waals surface area contributed by atoms with Gasteiger partial charge in [-0.3, -0.25) is 9.52 Å². The molecule has 0 spiro atoms. The summed E-state index contributed by atoms with van der Waals surface area (Å²) >= 11 is 5.49. The Hall–Kier alpha value is -1.27. The summed E-state index contributed by atoms with van der Waals surface area (Å²) in [4.78, 5) is 11.2. The van der Waals surface area contributed by atoms with Gasteiger partial charge in [0.1, 0.15) is 0 Å². The molecule has 1 aliphatic heterocycles. The van der Waals surface area contributed by atoms with Gasteiger partial charge in [-0.15, -0.1) is 11.6 Å². The molecular weight excluding hydrogens is 288 g/mol. The largest absolute Gasteiger partial charge is 0.326 e. The molecule has 19 heavy (non-hydrogen) atoms. The summed E-state index contributed by atoms with van der Waals surface area (Å²) in [6, 6.07) is 5.11. The maximum Gasteiger partial charge on any atom is 0.232 e. The molecule has 0 aromatic heterocycles. The lowest BCUT2D eigenvalue weighted by molar-refractivity contribution is -0.116. The number of aryl methyl sites for hydroxylation is 1. The monoisotopic (exact) mass is 302 g/mol. The number of halogens is 1. The van der Waals surface area contributed by atoms with Crippen LogP contribution in [0.5, 0.6) is 0 Å². The first-order valence-electron chi connectivity index (χ1n) is 5.99. The lowest BCUT2D eigenvalue weighted by atomic mass is 10.0. The number of carbonyl (C=O) groups is 1. The van der Waals surface area contributed by atoms with Crippen LogP contribution < -0.4 is 10.0 Å². The van der Waals surface area contributed by atoms with E-state index in [0.717, 1.165) is 11.3 Å². The number of benzene rings is 1. The van der Waals surface area contributed by atoms with Crippen LogP contribution in [0.1, 0.15) is 18.4 Å². The highest BCUT2D eigenvalue weighted by atomic mass is 35.5. The van der Waals surface area contributed by atoms with Crippen molar-refractivity contribution >= 4 is 38.9 Å². The smallest absolute Gasteiger partial charge is 0.232 e. The second kappa shape index (κ2) is 5.79. The summed E-state index contributed by atoms with van der Waals surface area (Å²) in [7, 11) is -3.36. The van der Waals surface area contributed by atoms with Gasteiger partial charge >= 0.3 is 0 Å². The first kappa shape index (κ1) is 14.1. The SMILES string of the molecule is O=C1CCc2cc(NS(=O)(=O)CCCCl)ccc2N1. The molecule has 5 nitrogen and oxygen atoms in total. The van der Waals surface area contributed by atoms with E-state index in [1.54, 1.807) is 18.2 Å². The van der Waals surface area contributed by atoms with Gasteiger partial charge in [0.25, 0.3) is 0 Å². The Morgan fingerprint density at radius 2 is 2.11 bits per heavy atom. The molecule has 104 valence electrons. The highest BCUT2D eigenvalue weighted by molar-refractivity contribution is 7.92. The molecule has 2 N–H and O–H groups in total. The maximum absolute atomic E-state index is 11.7. The normalized spacial score (nSPS) is 14.7. The van der Waals surface area contributed by atoms with Crippen molar-refractivity contribution in [1.29, 1.82) is 0 Å². The zero-order valence-electron chi connectivity index (χ0n) is 10.3. The van der Waals surface area contributed by atoms with E-state index in [-0.39, 0.29) is 11.7 Å². The zero-order valence-corrected chi connectivity index (χ0v) is 11.9. The summed E-state index contributed by atoms with van der Waals surface area (Å²) in [5.41, 5.74) is 2.21. The van der Waals surface area contributed by atoms with Gasteiger partial charge in [-0.1, -0.05) is 0 Å². The first-order valence-corrected chi connectivity index (χ1v) is 8.18. The van der Waals surface area contributed by atoms with Crippen LogP contribution in [0, 0.1) is 0 Å². The number of nitrogens with one attached hydrogen (secondary N) is 2. The van der Waals surface area contributed by atoms with Crippen molar-refractivity contribution in [3.8, 4) is 0 Å². The fourth-order valence-corrected chi connectivity index (χ4v) is 3.33. The third-order valence-corrected chi connectivity index (χ3v) is 4.46. The highest BCUT2D eigenvalue weighted by Gasteiger charge is 2.16. The first-order chi connectivity index (χ1) is 9.00. The Morgan fingerprint density at radius 1 is 1.32 bits per heavy atom. The number of amides is 1. The second-order valence-corrected chi connectivity index (χ2v) is 6.60. The van der Waals surface area contributed by atoms with Gasteiger partial charge in [-0.2, -0.15) is 0 Å². The number of sulfonamides is 1. The molecule has 0 aliphatic carbocycles. The van der Waals surface area contributed by atoms with Crippen molar-refractivity contribution in [2.45, 2.75) is 19.3 Å². The van der Waals surface area contributed by atoms with Crippen LogP contribution in [0.4, 0.5) is 11.4 Å². The summed E-state index contributed by atoms with van der Waals surface area (Å²) in [6.45, 7) is 0. The van der Waals surface area contributed by atoms with E-state index in [1.807, 2.05) is 0 Å². The van der Waals surface area contributed by atoms with E-state index in [2.05, 4.69) is 10.0 Å². The fraction of sp³-hybridized carbons (Fsp3) is 0.417. The topological polar surface area (TPSA) is 75.3 Å². The lowest BCUT2D eigenvalue weighted by Gasteiger charge is -2.18. The summed E-state index contributed by atoms with van der Waals surface area (Å²) in [6.07, 6.45) is 1.46. The average Bonchev–Trinajstić information content (AvgIpc) is 2.36. The molecule has 0 unspecified atom stereocenters. The molecule has 1 aromatic rings. The third-order valence-electron chi connectivity index (χ3n) is 2.82. The highest BCUT2D eigenvalue weighted by Crippen LogP contribution is 2.26. The number of alkyl halides is 1. The van der Waals surface area contributed by atoms with Gasteiger partial charge in [0, 0.05) is 23.7 Å². The molecule has 0 atom stereocenters. The molecule has 2 rings (SSSR count). The van der Waals surface area contributed by atoms with Crippen molar-refractivity contribution in [3.63, 3.8) is 0 Å². The van der Waals surface area contributed by atoms with Crippen molar-refractivity contribution < 1.29 is 13.2 Å². The van der Waals surface area contributed by atoms with E-state index < -0.39 is 10.0 Å². The minimum atomic E-state index is -3.36. The molecular formula is C12H15ClN2O3S. The molecule has 0 fully saturated rings. The number of rotatable bonds is 5. The van der Waals surface area contributed by atoms with Crippen LogP contribution in [-0.4, -0.2) is 26.0 Å². The zero-order chi connectivity index (χ0) is 13.9. The van der Waals surface area contributed by atoms with Gasteiger partial charge in [-0.25, -0.2) is 8.42 Å². The van der Waals surface area contributed by atoms with Crippen LogP contribution in [0.3, 0.4) is 0 Å².